The maximum atomic E-state index is 12.8. The zero-order valence-electron chi connectivity index (χ0n) is 12.9. The Morgan fingerprint density at radius 3 is 2.76 bits per heavy atom. The predicted octanol–water partition coefficient (Wildman–Crippen LogP) is 2.35. The molecule has 0 saturated heterocycles. The first-order valence-electron chi connectivity index (χ1n) is 6.77. The minimum atomic E-state index is -0.866. The van der Waals surface area contributed by atoms with Gasteiger partial charge in [0.05, 0.1) is 12.0 Å². The maximum Gasteiger partial charge on any atom is 0.326 e. The molecule has 2 aromatic heterocycles. The maximum absolute atomic E-state index is 12.8. The number of ketones is 1. The van der Waals surface area contributed by atoms with E-state index in [4.69, 9.17) is 9.26 Å². The van der Waals surface area contributed by atoms with Gasteiger partial charge in [0.1, 0.15) is 5.56 Å². The van der Waals surface area contributed by atoms with Crippen molar-refractivity contribution in [2.75, 3.05) is 7.11 Å². The van der Waals surface area contributed by atoms with Crippen LogP contribution in [0.1, 0.15) is 21.3 Å². The molecule has 10 nitrogen and oxygen atoms in total. The summed E-state index contributed by atoms with van der Waals surface area (Å²) in [4.78, 5) is 31.3. The summed E-state index contributed by atoms with van der Waals surface area (Å²) < 4.78 is 9.86. The molecule has 2 heterocycles. The molecule has 25 heavy (non-hydrogen) atoms. The number of aromatic nitrogens is 3. The number of rotatable bonds is 5. The van der Waals surface area contributed by atoms with Crippen LogP contribution in [0.3, 0.4) is 0 Å². The molecule has 11 heteroatoms. The SMILES string of the molecule is COc1cc(-c2noc(C)n2)c(C(=O)c2nccs2)c([N+](=O)[O-])c1O. The van der Waals surface area contributed by atoms with Gasteiger partial charge in [-0.05, 0) is 6.07 Å². The fourth-order valence-corrected chi connectivity index (χ4v) is 2.81. The van der Waals surface area contributed by atoms with Gasteiger partial charge in [-0.3, -0.25) is 14.9 Å². The van der Waals surface area contributed by atoms with Gasteiger partial charge >= 0.3 is 5.69 Å². The number of aryl methyl sites for hydroxylation is 1. The van der Waals surface area contributed by atoms with Gasteiger partial charge in [-0.15, -0.1) is 11.3 Å². The lowest BCUT2D eigenvalue weighted by Gasteiger charge is -2.10. The van der Waals surface area contributed by atoms with E-state index >= 15 is 0 Å². The quantitative estimate of drug-likeness (QED) is 0.411. The first-order valence-corrected chi connectivity index (χ1v) is 7.65. The number of carbonyl (C=O) groups is 1. The lowest BCUT2D eigenvalue weighted by molar-refractivity contribution is -0.386. The first kappa shape index (κ1) is 16.5. The minimum Gasteiger partial charge on any atom is -0.499 e. The number of benzene rings is 1. The average molecular weight is 362 g/mol. The van der Waals surface area contributed by atoms with Gasteiger partial charge in [0.25, 0.3) is 0 Å². The van der Waals surface area contributed by atoms with Gasteiger partial charge in [-0.25, -0.2) is 4.98 Å². The van der Waals surface area contributed by atoms with E-state index in [1.54, 1.807) is 5.38 Å². The zero-order chi connectivity index (χ0) is 18.1. The number of hydrogen-bond donors (Lipinski definition) is 1. The highest BCUT2D eigenvalue weighted by Gasteiger charge is 2.35. The molecule has 0 aliphatic heterocycles. The number of methoxy groups -OCH3 is 1. The van der Waals surface area contributed by atoms with Gasteiger partial charge in [-0.1, -0.05) is 5.16 Å². The number of nitro benzene ring substituents is 1. The van der Waals surface area contributed by atoms with E-state index in [-0.39, 0.29) is 33.6 Å². The highest BCUT2D eigenvalue weighted by molar-refractivity contribution is 7.11. The van der Waals surface area contributed by atoms with Crippen molar-refractivity contribution >= 4 is 22.8 Å². The van der Waals surface area contributed by atoms with E-state index in [1.165, 1.54) is 26.3 Å². The predicted molar refractivity (Wildman–Crippen MR) is 84.9 cm³/mol. The Bertz CT molecular complexity index is 966. The molecule has 128 valence electrons. The number of nitro groups is 1. The molecule has 0 bridgehead atoms. The molecule has 1 N–H and O–H groups in total. The standard InChI is InChI=1S/C14H10N4O6S/c1-6-16-13(17-24-6)7-5-8(23-2)11(19)10(18(21)22)9(7)12(20)14-15-3-4-25-14/h3-5,19H,1-2H3. The van der Waals surface area contributed by atoms with Crippen molar-refractivity contribution in [1.29, 1.82) is 0 Å². The smallest absolute Gasteiger partial charge is 0.326 e. The minimum absolute atomic E-state index is 0.00148. The second kappa shape index (κ2) is 6.28. The molecule has 0 amide bonds. The largest absolute Gasteiger partial charge is 0.499 e. The third-order valence-electron chi connectivity index (χ3n) is 3.26. The summed E-state index contributed by atoms with van der Waals surface area (Å²) in [6.45, 7) is 1.53. The van der Waals surface area contributed by atoms with E-state index in [0.29, 0.717) is 0 Å². The van der Waals surface area contributed by atoms with E-state index in [9.17, 15) is 20.0 Å². The highest BCUT2D eigenvalue weighted by Crippen LogP contribution is 2.44. The van der Waals surface area contributed by atoms with Crippen LogP contribution >= 0.6 is 11.3 Å². The lowest BCUT2D eigenvalue weighted by Crippen LogP contribution is -2.09. The van der Waals surface area contributed by atoms with Crippen molar-refractivity contribution in [2.24, 2.45) is 0 Å². The molecule has 0 radical (unpaired) electrons. The first-order chi connectivity index (χ1) is 11.9. The Balaban J connectivity index is 2.38. The van der Waals surface area contributed by atoms with Crippen molar-refractivity contribution in [3.05, 3.63) is 44.2 Å². The molecular weight excluding hydrogens is 352 g/mol. The van der Waals surface area contributed by atoms with E-state index < -0.39 is 22.1 Å². The second-order valence-electron chi connectivity index (χ2n) is 4.76. The number of carbonyl (C=O) groups excluding carboxylic acids is 1. The third-order valence-corrected chi connectivity index (χ3v) is 4.04. The Kier molecular flexibility index (Phi) is 4.15. The fraction of sp³-hybridized carbons (Fsp3) is 0.143. The topological polar surface area (TPSA) is 141 Å². The van der Waals surface area contributed by atoms with Gasteiger partial charge in [-0.2, -0.15) is 4.98 Å². The summed E-state index contributed by atoms with van der Waals surface area (Å²) >= 11 is 1.01. The molecule has 0 saturated carbocycles. The second-order valence-corrected chi connectivity index (χ2v) is 5.65. The summed E-state index contributed by atoms with van der Waals surface area (Å²) in [6, 6.07) is 1.24. The number of aromatic hydroxyl groups is 1. The van der Waals surface area contributed by atoms with Crippen molar-refractivity contribution in [2.45, 2.75) is 6.92 Å². The van der Waals surface area contributed by atoms with Crippen molar-refractivity contribution in [3.63, 3.8) is 0 Å². The van der Waals surface area contributed by atoms with Crippen molar-refractivity contribution in [1.82, 2.24) is 15.1 Å². The third kappa shape index (κ3) is 2.80. The molecule has 0 atom stereocenters. The average Bonchev–Trinajstić information content (AvgIpc) is 3.25. The van der Waals surface area contributed by atoms with Gasteiger partial charge in [0, 0.05) is 24.1 Å². The monoisotopic (exact) mass is 362 g/mol. The van der Waals surface area contributed by atoms with Gasteiger partial charge in [0.2, 0.25) is 23.2 Å². The van der Waals surface area contributed by atoms with Crippen LogP contribution in [0, 0.1) is 17.0 Å². The molecule has 0 aliphatic carbocycles. The van der Waals surface area contributed by atoms with Gasteiger partial charge in [0.15, 0.2) is 10.8 Å². The van der Waals surface area contributed by atoms with Crippen LogP contribution in [0.5, 0.6) is 11.5 Å². The van der Waals surface area contributed by atoms with Crippen LogP contribution < -0.4 is 4.74 Å². The molecule has 3 aromatic rings. The van der Waals surface area contributed by atoms with Crippen LogP contribution in [-0.4, -0.2) is 38.0 Å². The number of hydrogen-bond acceptors (Lipinski definition) is 10. The summed E-state index contributed by atoms with van der Waals surface area (Å²) in [6.07, 6.45) is 1.39. The van der Waals surface area contributed by atoms with E-state index in [1.807, 2.05) is 0 Å². The van der Waals surface area contributed by atoms with Crippen molar-refractivity contribution in [3.8, 4) is 22.9 Å². The number of nitrogens with zero attached hydrogens (tertiary/aromatic N) is 4. The Hall–Kier alpha value is -3.34. The van der Waals surface area contributed by atoms with Crippen LogP contribution in [-0.2, 0) is 0 Å². The van der Waals surface area contributed by atoms with Crippen LogP contribution in [0.25, 0.3) is 11.4 Å². The molecule has 3 rings (SSSR count). The molecule has 0 aliphatic rings. The van der Waals surface area contributed by atoms with E-state index in [2.05, 4.69) is 15.1 Å². The summed E-state index contributed by atoms with van der Waals surface area (Å²) in [5.74, 6) is -1.54. The molecule has 1 aromatic carbocycles. The Morgan fingerprint density at radius 1 is 1.48 bits per heavy atom. The van der Waals surface area contributed by atoms with E-state index in [0.717, 1.165) is 11.3 Å². The van der Waals surface area contributed by atoms with Crippen LogP contribution in [0.15, 0.2) is 22.2 Å². The Morgan fingerprint density at radius 2 is 2.24 bits per heavy atom. The number of phenols is 1. The summed E-state index contributed by atoms with van der Waals surface area (Å²) in [7, 11) is 1.23. The van der Waals surface area contributed by atoms with Crippen molar-refractivity contribution < 1.29 is 24.1 Å². The van der Waals surface area contributed by atoms with Crippen LogP contribution in [0.4, 0.5) is 5.69 Å². The highest BCUT2D eigenvalue weighted by atomic mass is 32.1. The molecule has 0 unspecified atom stereocenters. The number of ether oxygens (including phenoxy) is 1. The normalized spacial score (nSPS) is 10.6. The summed E-state index contributed by atoms with van der Waals surface area (Å²) in [5.41, 5.74) is -1.20. The number of thiazole rings is 1. The molecule has 0 fully saturated rings. The zero-order valence-corrected chi connectivity index (χ0v) is 13.7. The fourth-order valence-electron chi connectivity index (χ4n) is 2.23. The molecular formula is C14H10N4O6S. The molecule has 0 spiro atoms. The number of phenolic OH excluding ortho intramolecular Hbond substituents is 1. The Labute approximate surface area is 143 Å². The summed E-state index contributed by atoms with van der Waals surface area (Å²) in [5, 5.41) is 27.0. The van der Waals surface area contributed by atoms with Gasteiger partial charge < -0.3 is 14.4 Å². The lowest BCUT2D eigenvalue weighted by atomic mass is 9.99. The van der Waals surface area contributed by atoms with Crippen LogP contribution in [0.2, 0.25) is 0 Å².